The second-order valence-electron chi connectivity index (χ2n) is 7.30. The lowest BCUT2D eigenvalue weighted by atomic mass is 9.83. The van der Waals surface area contributed by atoms with Gasteiger partial charge < -0.3 is 9.47 Å². The van der Waals surface area contributed by atoms with Crippen LogP contribution < -0.4 is 0 Å². The Morgan fingerprint density at radius 2 is 1.18 bits per heavy atom. The Bertz CT molecular complexity index is 734. The Balaban J connectivity index is 2.23. The van der Waals surface area contributed by atoms with E-state index in [-0.39, 0.29) is 13.2 Å². The Morgan fingerprint density at radius 1 is 0.750 bits per heavy atom. The highest BCUT2D eigenvalue weighted by atomic mass is 16.5. The highest BCUT2D eigenvalue weighted by molar-refractivity contribution is 6.09. The number of carbonyl (C=O) groups excluding carboxylic acids is 2. The summed E-state index contributed by atoms with van der Waals surface area (Å²) in [5.41, 5.74) is 4.64. The molecule has 0 saturated carbocycles. The molecule has 0 saturated heterocycles. The van der Waals surface area contributed by atoms with Crippen LogP contribution in [0.15, 0.2) is 24.3 Å². The number of ether oxygens (including phenoxy) is 2. The Kier molecular flexibility index (Phi) is 7.07. The van der Waals surface area contributed by atoms with Crippen LogP contribution in [0.5, 0.6) is 0 Å². The van der Waals surface area contributed by atoms with Gasteiger partial charge in [-0.2, -0.15) is 0 Å². The molecule has 0 heterocycles. The third-order valence-electron chi connectivity index (χ3n) is 5.44. The van der Waals surface area contributed by atoms with Gasteiger partial charge in [0.2, 0.25) is 0 Å². The molecule has 0 atom stereocenters. The van der Waals surface area contributed by atoms with E-state index in [1.54, 1.807) is 13.8 Å². The van der Waals surface area contributed by atoms with Crippen LogP contribution in [0.1, 0.15) is 97.1 Å². The molecule has 1 aromatic rings. The maximum Gasteiger partial charge on any atom is 0.339 e. The molecule has 3 rings (SSSR count). The minimum absolute atomic E-state index is 0.270. The van der Waals surface area contributed by atoms with E-state index in [1.165, 1.54) is 0 Å². The number of carbonyl (C=O) groups is 2. The fourth-order valence-electron chi connectivity index (χ4n) is 4.13. The van der Waals surface area contributed by atoms with Crippen LogP contribution in [0.4, 0.5) is 0 Å². The molecule has 0 N–H and O–H groups in total. The Labute approximate surface area is 167 Å². The van der Waals surface area contributed by atoms with Gasteiger partial charge in [0.25, 0.3) is 0 Å². The van der Waals surface area contributed by atoms with E-state index in [1.807, 2.05) is 12.1 Å². The van der Waals surface area contributed by atoms with Crippen molar-refractivity contribution in [2.75, 3.05) is 13.2 Å². The monoisotopic (exact) mass is 382 g/mol. The molecule has 4 nitrogen and oxygen atoms in total. The summed E-state index contributed by atoms with van der Waals surface area (Å²) in [6.07, 6.45) is 12.7. The molecule has 0 aliphatic heterocycles. The first-order valence-corrected chi connectivity index (χ1v) is 10.6. The number of hydrogen-bond acceptors (Lipinski definition) is 4. The summed E-state index contributed by atoms with van der Waals surface area (Å²) in [4.78, 5) is 26.0. The molecule has 0 bridgehead atoms. The molecular formula is C24H30O4. The van der Waals surface area contributed by atoms with E-state index in [0.717, 1.165) is 73.6 Å². The third kappa shape index (κ3) is 4.37. The lowest BCUT2D eigenvalue weighted by Gasteiger charge is -2.22. The summed E-state index contributed by atoms with van der Waals surface area (Å²) in [5.74, 6) is -0.879. The van der Waals surface area contributed by atoms with Gasteiger partial charge in [-0.15, -0.1) is 0 Å². The summed E-state index contributed by atoms with van der Waals surface area (Å²) in [6, 6.07) is 3.99. The van der Waals surface area contributed by atoms with E-state index in [2.05, 4.69) is 12.2 Å². The van der Waals surface area contributed by atoms with Crippen molar-refractivity contribution in [3.8, 4) is 0 Å². The van der Waals surface area contributed by atoms with Crippen molar-refractivity contribution in [3.05, 3.63) is 46.5 Å². The van der Waals surface area contributed by atoms with E-state index in [0.29, 0.717) is 11.1 Å². The summed E-state index contributed by atoms with van der Waals surface area (Å²) < 4.78 is 10.8. The molecule has 0 amide bonds. The predicted octanol–water partition coefficient (Wildman–Crippen LogP) is 5.95. The quantitative estimate of drug-likeness (QED) is 0.570. The fraction of sp³-hybridized carbons (Fsp3) is 0.500. The van der Waals surface area contributed by atoms with Gasteiger partial charge in [0, 0.05) is 0 Å². The number of hydrogen-bond donors (Lipinski definition) is 0. The van der Waals surface area contributed by atoms with Crippen LogP contribution in [-0.2, 0) is 9.47 Å². The van der Waals surface area contributed by atoms with Gasteiger partial charge in [-0.25, -0.2) is 9.59 Å². The second kappa shape index (κ2) is 9.72. The molecular weight excluding hydrogens is 352 g/mol. The van der Waals surface area contributed by atoms with Crippen LogP contribution in [0.25, 0.3) is 11.1 Å². The van der Waals surface area contributed by atoms with Crippen LogP contribution in [-0.4, -0.2) is 25.2 Å². The SMILES string of the molecule is CCOC(=O)c1c(C2=CCCCC2)ccc(C2=CCCCC2)c1C(=O)OCC. The van der Waals surface area contributed by atoms with Gasteiger partial charge in [0.15, 0.2) is 0 Å². The number of rotatable bonds is 6. The van der Waals surface area contributed by atoms with Crippen LogP contribution in [0.3, 0.4) is 0 Å². The molecule has 0 unspecified atom stereocenters. The molecule has 150 valence electrons. The van der Waals surface area contributed by atoms with Gasteiger partial charge in [-0.3, -0.25) is 0 Å². The molecule has 0 fully saturated rings. The van der Waals surface area contributed by atoms with Crippen LogP contribution in [0.2, 0.25) is 0 Å². The first-order valence-electron chi connectivity index (χ1n) is 10.6. The van der Waals surface area contributed by atoms with Gasteiger partial charge in [0.05, 0.1) is 24.3 Å². The van der Waals surface area contributed by atoms with Crippen molar-refractivity contribution < 1.29 is 19.1 Å². The summed E-state index contributed by atoms with van der Waals surface area (Å²) in [5, 5.41) is 0. The fourth-order valence-corrected chi connectivity index (χ4v) is 4.13. The molecule has 2 aliphatic carbocycles. The second-order valence-corrected chi connectivity index (χ2v) is 7.30. The zero-order chi connectivity index (χ0) is 19.9. The number of allylic oxidation sites excluding steroid dienone is 4. The Hall–Kier alpha value is -2.36. The average molecular weight is 383 g/mol. The van der Waals surface area contributed by atoms with Gasteiger partial charge in [-0.1, -0.05) is 24.3 Å². The minimum atomic E-state index is -0.440. The summed E-state index contributed by atoms with van der Waals surface area (Å²) in [6.45, 7) is 4.11. The average Bonchev–Trinajstić information content (AvgIpc) is 2.74. The van der Waals surface area contributed by atoms with Crippen LogP contribution >= 0.6 is 0 Å². The van der Waals surface area contributed by atoms with Crippen LogP contribution in [0, 0.1) is 0 Å². The van der Waals surface area contributed by atoms with E-state index < -0.39 is 11.9 Å². The highest BCUT2D eigenvalue weighted by Gasteiger charge is 2.29. The van der Waals surface area contributed by atoms with Gasteiger partial charge in [-0.05, 0) is 87.5 Å². The molecule has 0 radical (unpaired) electrons. The highest BCUT2D eigenvalue weighted by Crippen LogP contribution is 2.37. The lowest BCUT2D eigenvalue weighted by molar-refractivity contribution is 0.0478. The lowest BCUT2D eigenvalue weighted by Crippen LogP contribution is -2.19. The van der Waals surface area contributed by atoms with Crippen molar-refractivity contribution >= 4 is 23.1 Å². The van der Waals surface area contributed by atoms with Crippen molar-refractivity contribution in [1.82, 2.24) is 0 Å². The summed E-state index contributed by atoms with van der Waals surface area (Å²) in [7, 11) is 0. The first kappa shape index (κ1) is 20.4. The van der Waals surface area contributed by atoms with Crippen molar-refractivity contribution in [2.24, 2.45) is 0 Å². The van der Waals surface area contributed by atoms with Crippen molar-refractivity contribution in [3.63, 3.8) is 0 Å². The number of benzene rings is 1. The zero-order valence-corrected chi connectivity index (χ0v) is 17.0. The molecule has 28 heavy (non-hydrogen) atoms. The topological polar surface area (TPSA) is 52.6 Å². The van der Waals surface area contributed by atoms with Gasteiger partial charge in [0.1, 0.15) is 0 Å². The largest absolute Gasteiger partial charge is 0.462 e. The first-order chi connectivity index (χ1) is 13.7. The van der Waals surface area contributed by atoms with Gasteiger partial charge >= 0.3 is 11.9 Å². The maximum absolute atomic E-state index is 13.0. The predicted molar refractivity (Wildman–Crippen MR) is 111 cm³/mol. The minimum Gasteiger partial charge on any atom is -0.462 e. The Morgan fingerprint density at radius 3 is 1.50 bits per heavy atom. The molecule has 4 heteroatoms. The zero-order valence-electron chi connectivity index (χ0n) is 17.0. The van der Waals surface area contributed by atoms with Crippen molar-refractivity contribution in [1.29, 1.82) is 0 Å². The standard InChI is InChI=1S/C24H30O4/c1-3-27-23(25)21-19(17-11-7-5-8-12-17)15-16-20(18-13-9-6-10-14-18)22(21)24(26)28-4-2/h11,13,15-16H,3-10,12,14H2,1-2H3. The molecule has 1 aromatic carbocycles. The maximum atomic E-state index is 13.0. The molecule has 0 spiro atoms. The third-order valence-corrected chi connectivity index (χ3v) is 5.44. The van der Waals surface area contributed by atoms with E-state index >= 15 is 0 Å². The molecule has 0 aromatic heterocycles. The van der Waals surface area contributed by atoms with Crippen molar-refractivity contribution in [2.45, 2.75) is 65.2 Å². The van der Waals surface area contributed by atoms with E-state index in [9.17, 15) is 9.59 Å². The van der Waals surface area contributed by atoms with E-state index in [4.69, 9.17) is 9.47 Å². The normalized spacial score (nSPS) is 16.8. The molecule has 2 aliphatic rings. The smallest absolute Gasteiger partial charge is 0.339 e. The number of esters is 2. The summed E-state index contributed by atoms with van der Waals surface area (Å²) >= 11 is 0.